The van der Waals surface area contributed by atoms with E-state index in [9.17, 15) is 14.7 Å². The molecule has 1 heterocycles. The number of β-amino-alcohol motifs (C(OH)–C–C–N with tert-alkyl or cyclic N) is 1. The standard InChI is InChI=1S/C22H25BrN2O5/c1-22(11-10-15-6-8-18(29-2)9-7-15)20(27)25(21(28)24-22)13-17(26)14-30-19-5-3-4-16(23)12-19/h3-9,12,17,26H,10-11,13-14H2,1-2H3,(H,24,28)/t17-,22-/m0/s1. The molecule has 7 nitrogen and oxygen atoms in total. The second-order valence-corrected chi connectivity index (χ2v) is 8.36. The summed E-state index contributed by atoms with van der Waals surface area (Å²) < 4.78 is 11.6. The lowest BCUT2D eigenvalue weighted by molar-refractivity contribution is -0.132. The number of hydrogen-bond donors (Lipinski definition) is 2. The normalized spacial score (nSPS) is 19.5. The third-order valence-corrected chi connectivity index (χ3v) is 5.54. The summed E-state index contributed by atoms with van der Waals surface area (Å²) in [5, 5.41) is 13.0. The number of aryl methyl sites for hydroxylation is 1. The van der Waals surface area contributed by atoms with Crippen LogP contribution in [0.15, 0.2) is 53.0 Å². The van der Waals surface area contributed by atoms with Crippen molar-refractivity contribution in [2.45, 2.75) is 31.4 Å². The lowest BCUT2D eigenvalue weighted by Gasteiger charge is -2.22. The average molecular weight is 477 g/mol. The van der Waals surface area contributed by atoms with Crippen LogP contribution in [0, 0.1) is 0 Å². The minimum Gasteiger partial charge on any atom is -0.497 e. The molecule has 0 bridgehead atoms. The van der Waals surface area contributed by atoms with Gasteiger partial charge in [-0.2, -0.15) is 0 Å². The third kappa shape index (κ3) is 5.31. The van der Waals surface area contributed by atoms with Crippen LogP contribution < -0.4 is 14.8 Å². The van der Waals surface area contributed by atoms with Crippen LogP contribution in [0.2, 0.25) is 0 Å². The number of ether oxygens (including phenoxy) is 2. The Balaban J connectivity index is 1.54. The van der Waals surface area contributed by atoms with Gasteiger partial charge in [-0.15, -0.1) is 0 Å². The molecule has 3 amide bonds. The number of carbonyl (C=O) groups is 2. The first kappa shape index (κ1) is 22.1. The number of aliphatic hydroxyl groups excluding tert-OH is 1. The Hall–Kier alpha value is -2.58. The molecular weight excluding hydrogens is 452 g/mol. The number of urea groups is 1. The molecule has 1 fully saturated rings. The Morgan fingerprint density at radius 2 is 1.90 bits per heavy atom. The quantitative estimate of drug-likeness (QED) is 0.542. The van der Waals surface area contributed by atoms with Gasteiger partial charge in [-0.05, 0) is 55.7 Å². The zero-order valence-corrected chi connectivity index (χ0v) is 18.5. The summed E-state index contributed by atoms with van der Waals surface area (Å²) in [5.74, 6) is 1.01. The topological polar surface area (TPSA) is 88.1 Å². The van der Waals surface area contributed by atoms with E-state index in [0.717, 1.165) is 20.7 Å². The smallest absolute Gasteiger partial charge is 0.325 e. The van der Waals surface area contributed by atoms with Gasteiger partial charge in [0, 0.05) is 4.47 Å². The SMILES string of the molecule is COc1ccc(CC[C@]2(C)NC(=O)N(C[C@H](O)COc3cccc(Br)c3)C2=O)cc1. The van der Waals surface area contributed by atoms with Crippen molar-refractivity contribution in [2.75, 3.05) is 20.3 Å². The number of rotatable bonds is 9. The molecule has 2 aromatic carbocycles. The van der Waals surface area contributed by atoms with Crippen molar-refractivity contribution in [3.05, 3.63) is 58.6 Å². The first-order valence-electron chi connectivity index (χ1n) is 9.64. The molecule has 2 atom stereocenters. The van der Waals surface area contributed by atoms with Crippen LogP contribution in [0.25, 0.3) is 0 Å². The summed E-state index contributed by atoms with van der Waals surface area (Å²) in [6.45, 7) is 1.55. The monoisotopic (exact) mass is 476 g/mol. The molecule has 0 aromatic heterocycles. The minimum atomic E-state index is -1.01. The fraction of sp³-hybridized carbons (Fsp3) is 0.364. The van der Waals surface area contributed by atoms with Crippen molar-refractivity contribution in [1.29, 1.82) is 0 Å². The van der Waals surface area contributed by atoms with Gasteiger partial charge in [0.05, 0.1) is 13.7 Å². The molecule has 160 valence electrons. The highest BCUT2D eigenvalue weighted by molar-refractivity contribution is 9.10. The molecule has 3 rings (SSSR count). The van der Waals surface area contributed by atoms with Crippen LogP contribution in [0.4, 0.5) is 4.79 Å². The van der Waals surface area contributed by atoms with E-state index < -0.39 is 17.7 Å². The summed E-state index contributed by atoms with van der Waals surface area (Å²) in [6.07, 6.45) is 0.0718. The summed E-state index contributed by atoms with van der Waals surface area (Å²) in [5.41, 5.74) is 0.0296. The van der Waals surface area contributed by atoms with Gasteiger partial charge in [0.15, 0.2) is 0 Å². The van der Waals surface area contributed by atoms with Gasteiger partial charge in [0.1, 0.15) is 29.7 Å². The maximum Gasteiger partial charge on any atom is 0.325 e. The van der Waals surface area contributed by atoms with Gasteiger partial charge < -0.3 is 19.9 Å². The van der Waals surface area contributed by atoms with Crippen molar-refractivity contribution < 1.29 is 24.2 Å². The average Bonchev–Trinajstić information content (AvgIpc) is 2.94. The summed E-state index contributed by atoms with van der Waals surface area (Å²) >= 11 is 3.35. The third-order valence-electron chi connectivity index (χ3n) is 5.05. The van der Waals surface area contributed by atoms with Crippen molar-refractivity contribution in [3.8, 4) is 11.5 Å². The highest BCUT2D eigenvalue weighted by Gasteiger charge is 2.47. The van der Waals surface area contributed by atoms with Crippen LogP contribution in [-0.4, -0.2) is 53.8 Å². The Bertz CT molecular complexity index is 905. The van der Waals surface area contributed by atoms with E-state index in [4.69, 9.17) is 9.47 Å². The number of aliphatic hydroxyl groups is 1. The zero-order chi connectivity index (χ0) is 21.7. The van der Waals surface area contributed by atoms with Gasteiger partial charge in [-0.1, -0.05) is 34.1 Å². The number of halogens is 1. The van der Waals surface area contributed by atoms with E-state index in [1.165, 1.54) is 0 Å². The Labute approximate surface area is 184 Å². The lowest BCUT2D eigenvalue weighted by Crippen LogP contribution is -2.45. The molecule has 0 aliphatic carbocycles. The number of benzene rings is 2. The molecule has 8 heteroatoms. The number of imide groups is 1. The first-order chi connectivity index (χ1) is 14.3. The van der Waals surface area contributed by atoms with E-state index >= 15 is 0 Å². The number of nitrogens with zero attached hydrogens (tertiary/aromatic N) is 1. The predicted molar refractivity (Wildman–Crippen MR) is 116 cm³/mol. The Morgan fingerprint density at radius 1 is 1.17 bits per heavy atom. The van der Waals surface area contributed by atoms with Crippen LogP contribution in [0.3, 0.4) is 0 Å². The highest BCUT2D eigenvalue weighted by atomic mass is 79.9. The number of hydrogen-bond acceptors (Lipinski definition) is 5. The van der Waals surface area contributed by atoms with E-state index in [0.29, 0.717) is 18.6 Å². The molecule has 30 heavy (non-hydrogen) atoms. The fourth-order valence-electron chi connectivity index (χ4n) is 3.28. The van der Waals surface area contributed by atoms with Gasteiger partial charge in [0.25, 0.3) is 5.91 Å². The van der Waals surface area contributed by atoms with Gasteiger partial charge >= 0.3 is 6.03 Å². The summed E-state index contributed by atoms with van der Waals surface area (Å²) in [6, 6.07) is 14.3. The molecule has 0 unspecified atom stereocenters. The van der Waals surface area contributed by atoms with E-state index in [-0.39, 0.29) is 19.1 Å². The van der Waals surface area contributed by atoms with Crippen LogP contribution >= 0.6 is 15.9 Å². The van der Waals surface area contributed by atoms with E-state index in [2.05, 4.69) is 21.2 Å². The molecule has 2 N–H and O–H groups in total. The number of nitrogens with one attached hydrogen (secondary N) is 1. The lowest BCUT2D eigenvalue weighted by atomic mass is 9.93. The molecule has 2 aromatic rings. The van der Waals surface area contributed by atoms with Gasteiger partial charge in [0.2, 0.25) is 0 Å². The second kappa shape index (κ2) is 9.49. The second-order valence-electron chi connectivity index (χ2n) is 7.45. The van der Waals surface area contributed by atoms with Gasteiger partial charge in [-0.3, -0.25) is 9.69 Å². The molecule has 1 saturated heterocycles. The van der Waals surface area contributed by atoms with E-state index in [1.54, 1.807) is 26.2 Å². The summed E-state index contributed by atoms with van der Waals surface area (Å²) in [4.78, 5) is 26.3. The molecule has 0 saturated carbocycles. The minimum absolute atomic E-state index is 0.0317. The fourth-order valence-corrected chi connectivity index (χ4v) is 3.66. The predicted octanol–water partition coefficient (Wildman–Crippen LogP) is 3.14. The number of carbonyl (C=O) groups excluding carboxylic acids is 2. The molecular formula is C22H25BrN2O5. The summed E-state index contributed by atoms with van der Waals surface area (Å²) in [7, 11) is 1.61. The van der Waals surface area contributed by atoms with Crippen molar-refractivity contribution >= 4 is 27.9 Å². The highest BCUT2D eigenvalue weighted by Crippen LogP contribution is 2.24. The van der Waals surface area contributed by atoms with Crippen LogP contribution in [0.5, 0.6) is 11.5 Å². The molecule has 0 spiro atoms. The Kier molecular flexibility index (Phi) is 6.99. The molecule has 1 aliphatic rings. The van der Waals surface area contributed by atoms with Crippen molar-refractivity contribution in [3.63, 3.8) is 0 Å². The van der Waals surface area contributed by atoms with Crippen LogP contribution in [-0.2, 0) is 11.2 Å². The van der Waals surface area contributed by atoms with E-state index in [1.807, 2.05) is 36.4 Å². The zero-order valence-electron chi connectivity index (χ0n) is 16.9. The van der Waals surface area contributed by atoms with Crippen molar-refractivity contribution in [2.24, 2.45) is 0 Å². The molecule has 0 radical (unpaired) electrons. The largest absolute Gasteiger partial charge is 0.497 e. The first-order valence-corrected chi connectivity index (χ1v) is 10.4. The molecule has 1 aliphatic heterocycles. The van der Waals surface area contributed by atoms with Crippen LogP contribution in [0.1, 0.15) is 18.9 Å². The Morgan fingerprint density at radius 3 is 2.57 bits per heavy atom. The van der Waals surface area contributed by atoms with Crippen molar-refractivity contribution in [1.82, 2.24) is 10.2 Å². The number of amides is 3. The number of methoxy groups -OCH3 is 1. The maximum atomic E-state index is 12.9. The maximum absolute atomic E-state index is 12.9. The van der Waals surface area contributed by atoms with Gasteiger partial charge in [-0.25, -0.2) is 4.79 Å².